The van der Waals surface area contributed by atoms with Crippen molar-refractivity contribution >= 4 is 0 Å². The largest absolute Gasteiger partial charge is 0.497 e. The van der Waals surface area contributed by atoms with Gasteiger partial charge in [0.05, 0.1) is 32.5 Å². The fourth-order valence-corrected chi connectivity index (χ4v) is 3.82. The van der Waals surface area contributed by atoms with Crippen molar-refractivity contribution in [2.24, 2.45) is 17.8 Å². The first kappa shape index (κ1) is 20.9. The Kier molecular flexibility index (Phi) is 8.14. The predicted octanol–water partition coefficient (Wildman–Crippen LogP) is 4.21. The zero-order valence-corrected chi connectivity index (χ0v) is 16.6. The van der Waals surface area contributed by atoms with Crippen LogP contribution < -0.4 is 4.74 Å². The van der Waals surface area contributed by atoms with E-state index in [2.05, 4.69) is 27.4 Å². The molecular weight excluding hydrogens is 328 g/mol. The quantitative estimate of drug-likeness (QED) is 0.447. The molecule has 0 unspecified atom stereocenters. The highest BCUT2D eigenvalue weighted by Gasteiger charge is 2.43. The number of methoxy groups -OCH3 is 1. The SMILES string of the molecule is C=C[C@@H](CC)[C@H](OCc1ccc(OC)cc1)[C@H](C)C[C@@H](C)[C@H]1O[C@@H]1CO. The molecule has 6 atom stereocenters. The van der Waals surface area contributed by atoms with Crippen LogP contribution in [0.1, 0.15) is 39.2 Å². The molecule has 1 fully saturated rings. The maximum absolute atomic E-state index is 9.21. The summed E-state index contributed by atoms with van der Waals surface area (Å²) in [6, 6.07) is 8.01. The van der Waals surface area contributed by atoms with Gasteiger partial charge < -0.3 is 19.3 Å². The molecule has 4 nitrogen and oxygen atoms in total. The summed E-state index contributed by atoms with van der Waals surface area (Å²) in [6.07, 6.45) is 4.37. The van der Waals surface area contributed by atoms with E-state index in [9.17, 15) is 5.11 Å². The van der Waals surface area contributed by atoms with Crippen molar-refractivity contribution in [2.75, 3.05) is 13.7 Å². The molecule has 1 heterocycles. The van der Waals surface area contributed by atoms with Crippen molar-refractivity contribution in [1.82, 2.24) is 0 Å². The van der Waals surface area contributed by atoms with E-state index in [1.807, 2.05) is 30.3 Å². The summed E-state index contributed by atoms with van der Waals surface area (Å²) >= 11 is 0. The highest BCUT2D eigenvalue weighted by Crippen LogP contribution is 2.35. The number of benzene rings is 1. The summed E-state index contributed by atoms with van der Waals surface area (Å²) in [7, 11) is 1.67. The van der Waals surface area contributed by atoms with Gasteiger partial charge in [-0.3, -0.25) is 0 Å². The van der Waals surface area contributed by atoms with Crippen molar-refractivity contribution in [2.45, 2.75) is 58.5 Å². The van der Waals surface area contributed by atoms with Crippen LogP contribution in [0.3, 0.4) is 0 Å². The molecule has 2 rings (SSSR count). The summed E-state index contributed by atoms with van der Waals surface area (Å²) in [5.41, 5.74) is 1.14. The number of rotatable bonds is 12. The fourth-order valence-electron chi connectivity index (χ4n) is 3.82. The standard InChI is InChI=1S/C22H34O4/c1-6-18(7-2)21(15(3)12-16(4)22-20(13-23)26-22)25-14-17-8-10-19(24-5)11-9-17/h6,8-11,15-16,18,20-23H,1,7,12-14H2,2-5H3/t15-,16-,18+,20-,21-,22-/m1/s1. The summed E-state index contributed by atoms with van der Waals surface area (Å²) < 4.78 is 17.1. The first-order valence-corrected chi connectivity index (χ1v) is 9.67. The molecule has 1 N–H and O–H groups in total. The van der Waals surface area contributed by atoms with Gasteiger partial charge >= 0.3 is 0 Å². The second kappa shape index (κ2) is 10.1. The Hall–Kier alpha value is -1.36. The monoisotopic (exact) mass is 362 g/mol. The molecule has 1 saturated heterocycles. The van der Waals surface area contributed by atoms with Crippen LogP contribution in [0.2, 0.25) is 0 Å². The van der Waals surface area contributed by atoms with Crippen molar-refractivity contribution in [1.29, 1.82) is 0 Å². The van der Waals surface area contributed by atoms with Crippen molar-refractivity contribution < 1.29 is 19.3 Å². The van der Waals surface area contributed by atoms with Gasteiger partial charge in [-0.05, 0) is 42.4 Å². The average Bonchev–Trinajstić information content (AvgIpc) is 3.45. The fraction of sp³-hybridized carbons (Fsp3) is 0.636. The van der Waals surface area contributed by atoms with Crippen LogP contribution in [0.15, 0.2) is 36.9 Å². The Morgan fingerprint density at radius 3 is 2.46 bits per heavy atom. The van der Waals surface area contributed by atoms with Gasteiger partial charge in [0.1, 0.15) is 11.9 Å². The third-order valence-electron chi connectivity index (χ3n) is 5.46. The zero-order valence-electron chi connectivity index (χ0n) is 16.6. The molecule has 0 bridgehead atoms. The lowest BCUT2D eigenvalue weighted by Crippen LogP contribution is -2.31. The number of epoxide rings is 1. The van der Waals surface area contributed by atoms with Gasteiger partial charge in [-0.25, -0.2) is 0 Å². The van der Waals surface area contributed by atoms with Crippen LogP contribution in [0, 0.1) is 17.8 Å². The summed E-state index contributed by atoms with van der Waals surface area (Å²) in [5.74, 6) is 1.98. The van der Waals surface area contributed by atoms with Gasteiger partial charge in [-0.1, -0.05) is 39.0 Å². The van der Waals surface area contributed by atoms with Gasteiger partial charge in [-0.15, -0.1) is 6.58 Å². The van der Waals surface area contributed by atoms with Gasteiger partial charge in [0.15, 0.2) is 0 Å². The topological polar surface area (TPSA) is 51.2 Å². The van der Waals surface area contributed by atoms with Gasteiger partial charge in [0.2, 0.25) is 0 Å². The van der Waals surface area contributed by atoms with Crippen LogP contribution in [-0.4, -0.2) is 37.1 Å². The van der Waals surface area contributed by atoms with E-state index in [0.717, 1.165) is 24.2 Å². The van der Waals surface area contributed by atoms with E-state index in [1.165, 1.54) is 0 Å². The first-order chi connectivity index (χ1) is 12.5. The Labute approximate surface area is 158 Å². The summed E-state index contributed by atoms with van der Waals surface area (Å²) in [6.45, 7) is 11.3. The maximum atomic E-state index is 9.21. The van der Waals surface area contributed by atoms with E-state index in [4.69, 9.17) is 14.2 Å². The van der Waals surface area contributed by atoms with E-state index < -0.39 is 0 Å². The molecule has 1 aromatic carbocycles. The van der Waals surface area contributed by atoms with E-state index >= 15 is 0 Å². The number of hydrogen-bond acceptors (Lipinski definition) is 4. The molecule has 0 radical (unpaired) electrons. The minimum Gasteiger partial charge on any atom is -0.497 e. The van der Waals surface area contributed by atoms with E-state index in [-0.39, 0.29) is 24.9 Å². The molecule has 146 valence electrons. The summed E-state index contributed by atoms with van der Waals surface area (Å²) in [5, 5.41) is 9.21. The molecule has 1 aromatic rings. The first-order valence-electron chi connectivity index (χ1n) is 9.67. The number of aliphatic hydroxyl groups is 1. The summed E-state index contributed by atoms with van der Waals surface area (Å²) in [4.78, 5) is 0. The lowest BCUT2D eigenvalue weighted by molar-refractivity contribution is -0.0277. The molecule has 1 aliphatic rings. The lowest BCUT2D eigenvalue weighted by Gasteiger charge is -2.31. The Morgan fingerprint density at radius 2 is 1.96 bits per heavy atom. The minimum absolute atomic E-state index is 0.0252. The molecule has 26 heavy (non-hydrogen) atoms. The van der Waals surface area contributed by atoms with Crippen molar-refractivity contribution in [3.05, 3.63) is 42.5 Å². The molecule has 0 spiro atoms. The molecule has 4 heteroatoms. The average molecular weight is 363 g/mol. The van der Waals surface area contributed by atoms with Gasteiger partial charge in [0, 0.05) is 5.92 Å². The van der Waals surface area contributed by atoms with Crippen LogP contribution >= 0.6 is 0 Å². The highest BCUT2D eigenvalue weighted by atomic mass is 16.6. The second-order valence-electron chi connectivity index (χ2n) is 7.44. The zero-order chi connectivity index (χ0) is 19.1. The highest BCUT2D eigenvalue weighted by molar-refractivity contribution is 5.26. The maximum Gasteiger partial charge on any atom is 0.118 e. The smallest absolute Gasteiger partial charge is 0.118 e. The van der Waals surface area contributed by atoms with Crippen LogP contribution in [0.4, 0.5) is 0 Å². The van der Waals surface area contributed by atoms with E-state index in [1.54, 1.807) is 7.11 Å². The second-order valence-corrected chi connectivity index (χ2v) is 7.44. The van der Waals surface area contributed by atoms with Crippen LogP contribution in [0.5, 0.6) is 5.75 Å². The molecule has 0 aromatic heterocycles. The number of hydrogen-bond donors (Lipinski definition) is 1. The van der Waals surface area contributed by atoms with Crippen LogP contribution in [0.25, 0.3) is 0 Å². The van der Waals surface area contributed by atoms with Crippen molar-refractivity contribution in [3.63, 3.8) is 0 Å². The van der Waals surface area contributed by atoms with E-state index in [0.29, 0.717) is 24.4 Å². The minimum atomic E-state index is 0.0252. The Bertz CT molecular complexity index is 542. The number of ether oxygens (including phenoxy) is 3. The molecule has 0 amide bonds. The lowest BCUT2D eigenvalue weighted by atomic mass is 9.83. The van der Waals surface area contributed by atoms with Crippen molar-refractivity contribution in [3.8, 4) is 5.75 Å². The molecule has 0 saturated carbocycles. The molecular formula is C22H34O4. The normalized spacial score (nSPS) is 23.7. The third-order valence-corrected chi connectivity index (χ3v) is 5.46. The Balaban J connectivity index is 1.96. The van der Waals surface area contributed by atoms with Crippen LogP contribution in [-0.2, 0) is 16.1 Å². The van der Waals surface area contributed by atoms with Gasteiger partial charge in [-0.2, -0.15) is 0 Å². The predicted molar refractivity (Wildman–Crippen MR) is 104 cm³/mol. The molecule has 0 aliphatic carbocycles. The Morgan fingerprint density at radius 1 is 1.27 bits per heavy atom. The number of aliphatic hydroxyl groups excluding tert-OH is 1. The third kappa shape index (κ3) is 5.57. The van der Waals surface area contributed by atoms with Gasteiger partial charge in [0.25, 0.3) is 0 Å². The molecule has 1 aliphatic heterocycles.